The average molecular weight is 498 g/mol. The molecule has 4 aromatic rings. The maximum atomic E-state index is 12.9. The van der Waals surface area contributed by atoms with Crippen LogP contribution in [0.1, 0.15) is 55.7 Å². The lowest BCUT2D eigenvalue weighted by atomic mass is 9.91. The highest BCUT2D eigenvalue weighted by Crippen LogP contribution is 2.35. The first-order valence-corrected chi connectivity index (χ1v) is 12.6. The zero-order chi connectivity index (χ0) is 26.1. The van der Waals surface area contributed by atoms with E-state index in [1.54, 1.807) is 36.7 Å². The number of pyridine rings is 1. The van der Waals surface area contributed by atoms with Crippen LogP contribution < -0.4 is 11.1 Å². The van der Waals surface area contributed by atoms with Gasteiger partial charge in [0.15, 0.2) is 0 Å². The van der Waals surface area contributed by atoms with Gasteiger partial charge in [-0.05, 0) is 44.0 Å². The van der Waals surface area contributed by atoms with Crippen molar-refractivity contribution in [3.8, 4) is 11.3 Å². The summed E-state index contributed by atoms with van der Waals surface area (Å²) < 4.78 is 2.00. The SMILES string of the molecule is CC(C)C(=O)N1C[C@H](c2nc(-c3ccc(C(=O)Nc4ccccn4)cc3)c3c(N)nccn23)CC[C@@H]1C. The van der Waals surface area contributed by atoms with E-state index in [9.17, 15) is 9.59 Å². The Balaban J connectivity index is 1.47. The highest BCUT2D eigenvalue weighted by atomic mass is 16.2. The molecule has 2 atom stereocenters. The molecule has 1 fully saturated rings. The van der Waals surface area contributed by atoms with Crippen molar-refractivity contribution < 1.29 is 9.59 Å². The summed E-state index contributed by atoms with van der Waals surface area (Å²) in [6.45, 7) is 6.60. The summed E-state index contributed by atoms with van der Waals surface area (Å²) in [7, 11) is 0. The number of amides is 2. The zero-order valence-corrected chi connectivity index (χ0v) is 21.3. The van der Waals surface area contributed by atoms with Gasteiger partial charge in [-0.2, -0.15) is 0 Å². The van der Waals surface area contributed by atoms with Gasteiger partial charge in [0, 0.05) is 54.1 Å². The molecule has 4 heterocycles. The Hall–Kier alpha value is -4.27. The third-order valence-corrected chi connectivity index (χ3v) is 6.96. The van der Waals surface area contributed by atoms with E-state index in [-0.39, 0.29) is 29.7 Å². The summed E-state index contributed by atoms with van der Waals surface area (Å²) in [5, 5.41) is 2.80. The van der Waals surface area contributed by atoms with Crippen LogP contribution in [0.25, 0.3) is 16.8 Å². The van der Waals surface area contributed by atoms with Gasteiger partial charge in [0.25, 0.3) is 5.91 Å². The number of hydrogen-bond acceptors (Lipinski definition) is 6. The molecule has 0 bridgehead atoms. The molecule has 1 aliphatic rings. The normalized spacial score (nSPS) is 17.8. The topological polar surface area (TPSA) is 119 Å². The van der Waals surface area contributed by atoms with Crippen molar-refractivity contribution in [1.82, 2.24) is 24.3 Å². The maximum Gasteiger partial charge on any atom is 0.256 e. The number of aromatic nitrogens is 4. The molecule has 9 nitrogen and oxygen atoms in total. The summed E-state index contributed by atoms with van der Waals surface area (Å²) in [6.07, 6.45) is 7.01. The molecule has 37 heavy (non-hydrogen) atoms. The molecular formula is C28H31N7O2. The number of carbonyl (C=O) groups excluding carboxylic acids is 2. The van der Waals surface area contributed by atoms with Gasteiger partial charge in [0.05, 0.1) is 0 Å². The number of hydrogen-bond donors (Lipinski definition) is 2. The van der Waals surface area contributed by atoms with Crippen molar-refractivity contribution in [1.29, 1.82) is 0 Å². The predicted molar refractivity (Wildman–Crippen MR) is 143 cm³/mol. The molecule has 0 radical (unpaired) electrons. The summed E-state index contributed by atoms with van der Waals surface area (Å²) >= 11 is 0. The van der Waals surface area contributed by atoms with Crippen LogP contribution in [0.2, 0.25) is 0 Å². The van der Waals surface area contributed by atoms with Crippen LogP contribution in [0, 0.1) is 5.92 Å². The van der Waals surface area contributed by atoms with Crippen molar-refractivity contribution in [2.45, 2.75) is 45.6 Å². The van der Waals surface area contributed by atoms with Crippen LogP contribution in [-0.2, 0) is 4.79 Å². The summed E-state index contributed by atoms with van der Waals surface area (Å²) in [4.78, 5) is 41.0. The monoisotopic (exact) mass is 497 g/mol. The van der Waals surface area contributed by atoms with E-state index in [1.165, 1.54) is 0 Å². The minimum atomic E-state index is -0.243. The third-order valence-electron chi connectivity index (χ3n) is 6.96. The highest BCUT2D eigenvalue weighted by Gasteiger charge is 2.33. The number of imidazole rings is 1. The van der Waals surface area contributed by atoms with Crippen LogP contribution in [0.4, 0.5) is 11.6 Å². The summed E-state index contributed by atoms with van der Waals surface area (Å²) in [5.41, 5.74) is 9.10. The van der Waals surface area contributed by atoms with E-state index in [2.05, 4.69) is 22.2 Å². The second-order valence-corrected chi connectivity index (χ2v) is 9.86. The Morgan fingerprint density at radius 1 is 1.05 bits per heavy atom. The Morgan fingerprint density at radius 2 is 1.84 bits per heavy atom. The Labute approximate surface area is 215 Å². The van der Waals surface area contributed by atoms with Gasteiger partial charge in [-0.1, -0.05) is 32.0 Å². The molecule has 1 aliphatic heterocycles. The summed E-state index contributed by atoms with van der Waals surface area (Å²) in [6, 6.07) is 12.8. The van der Waals surface area contributed by atoms with E-state index >= 15 is 0 Å². The van der Waals surface area contributed by atoms with Gasteiger partial charge in [-0.15, -0.1) is 0 Å². The number of carbonyl (C=O) groups is 2. The fourth-order valence-corrected chi connectivity index (χ4v) is 4.94. The van der Waals surface area contributed by atoms with E-state index < -0.39 is 0 Å². The number of anilines is 2. The Morgan fingerprint density at radius 3 is 2.54 bits per heavy atom. The van der Waals surface area contributed by atoms with Gasteiger partial charge in [-0.3, -0.25) is 14.0 Å². The molecule has 1 aromatic carbocycles. The molecule has 0 aliphatic carbocycles. The molecule has 9 heteroatoms. The number of rotatable bonds is 5. The van der Waals surface area contributed by atoms with Gasteiger partial charge in [0.2, 0.25) is 5.91 Å². The quantitative estimate of drug-likeness (QED) is 0.423. The number of fused-ring (bicyclic) bond motifs is 1. The zero-order valence-electron chi connectivity index (χ0n) is 21.3. The molecule has 3 N–H and O–H groups in total. The fraction of sp³-hybridized carbons (Fsp3) is 0.321. The molecular weight excluding hydrogens is 466 g/mol. The molecule has 1 saturated heterocycles. The Kier molecular flexibility index (Phi) is 6.60. The number of likely N-dealkylation sites (tertiary alicyclic amines) is 1. The van der Waals surface area contributed by atoms with E-state index in [1.807, 2.05) is 47.5 Å². The second-order valence-electron chi connectivity index (χ2n) is 9.86. The van der Waals surface area contributed by atoms with Gasteiger partial charge >= 0.3 is 0 Å². The van der Waals surface area contributed by atoms with E-state index in [0.29, 0.717) is 29.4 Å². The molecule has 2 amide bonds. The minimum absolute atomic E-state index is 0.0537. The second kappa shape index (κ2) is 10.0. The third kappa shape index (κ3) is 4.76. The number of nitrogens with zero attached hydrogens (tertiary/aromatic N) is 5. The molecule has 0 unspecified atom stereocenters. The number of nitrogens with one attached hydrogen (secondary N) is 1. The standard InChI is InChI=1S/C28H31N7O2/c1-17(2)28(37)35-16-21(8-7-18(35)3)26-33-23(24-25(29)31-14-15-34(24)26)19-9-11-20(12-10-19)27(36)32-22-6-4-5-13-30-22/h4-6,9-15,17-18,21H,7-8,16H2,1-3H3,(H2,29,31)(H,30,32,36)/t18-,21+/m0/s1. The number of nitrogen functional groups attached to an aromatic ring is 1. The van der Waals surface area contributed by atoms with Crippen molar-refractivity contribution in [3.05, 3.63) is 72.4 Å². The fourth-order valence-electron chi connectivity index (χ4n) is 4.94. The van der Waals surface area contributed by atoms with Crippen LogP contribution >= 0.6 is 0 Å². The first kappa shape index (κ1) is 24.4. The number of nitrogens with two attached hydrogens (primary N) is 1. The number of benzene rings is 1. The van der Waals surface area contributed by atoms with Crippen LogP contribution in [0.3, 0.4) is 0 Å². The lowest BCUT2D eigenvalue weighted by Crippen LogP contribution is -2.46. The van der Waals surface area contributed by atoms with E-state index in [0.717, 1.165) is 29.7 Å². The highest BCUT2D eigenvalue weighted by molar-refractivity contribution is 6.04. The van der Waals surface area contributed by atoms with Crippen molar-refractivity contribution in [2.75, 3.05) is 17.6 Å². The molecule has 5 rings (SSSR count). The van der Waals surface area contributed by atoms with Gasteiger partial charge < -0.3 is 16.0 Å². The first-order chi connectivity index (χ1) is 17.8. The van der Waals surface area contributed by atoms with Crippen LogP contribution in [-0.4, -0.2) is 48.7 Å². The van der Waals surface area contributed by atoms with Crippen LogP contribution in [0.15, 0.2) is 61.1 Å². The average Bonchev–Trinajstić information content (AvgIpc) is 3.30. The lowest BCUT2D eigenvalue weighted by molar-refractivity contribution is -0.138. The Bertz CT molecular complexity index is 1430. The smallest absolute Gasteiger partial charge is 0.256 e. The number of piperidine rings is 1. The van der Waals surface area contributed by atoms with Gasteiger partial charge in [0.1, 0.15) is 28.7 Å². The van der Waals surface area contributed by atoms with Crippen molar-refractivity contribution in [2.24, 2.45) is 5.92 Å². The molecule has 0 saturated carbocycles. The van der Waals surface area contributed by atoms with Gasteiger partial charge in [-0.25, -0.2) is 15.0 Å². The van der Waals surface area contributed by atoms with Crippen molar-refractivity contribution >= 4 is 29.0 Å². The van der Waals surface area contributed by atoms with Crippen LogP contribution in [0.5, 0.6) is 0 Å². The van der Waals surface area contributed by atoms with E-state index in [4.69, 9.17) is 10.7 Å². The minimum Gasteiger partial charge on any atom is -0.382 e. The molecule has 0 spiro atoms. The maximum absolute atomic E-state index is 12.9. The largest absolute Gasteiger partial charge is 0.382 e. The summed E-state index contributed by atoms with van der Waals surface area (Å²) in [5.74, 6) is 1.68. The molecule has 190 valence electrons. The van der Waals surface area contributed by atoms with Crippen molar-refractivity contribution in [3.63, 3.8) is 0 Å². The predicted octanol–water partition coefficient (Wildman–Crippen LogP) is 4.38. The first-order valence-electron chi connectivity index (χ1n) is 12.6. The lowest BCUT2D eigenvalue weighted by Gasteiger charge is -2.38. The molecule has 3 aromatic heterocycles.